The number of benzene rings is 1. The van der Waals surface area contributed by atoms with E-state index in [1.807, 2.05) is 18.2 Å². The van der Waals surface area contributed by atoms with Crippen LogP contribution in [0.4, 0.5) is 0 Å². The normalized spacial score (nSPS) is 9.88. The van der Waals surface area contributed by atoms with Gasteiger partial charge in [-0.2, -0.15) is 5.26 Å². The predicted octanol–water partition coefficient (Wildman–Crippen LogP) is 4.01. The van der Waals surface area contributed by atoms with Gasteiger partial charge in [-0.15, -0.1) is 11.8 Å². The molecule has 1 aromatic carbocycles. The Labute approximate surface area is 113 Å². The smallest absolute Gasteiger partial charge is 0.0993 e. The number of pyridine rings is 1. The average Bonchev–Trinajstić information content (AvgIpc) is 2.38. The van der Waals surface area contributed by atoms with E-state index in [0.717, 1.165) is 15.3 Å². The summed E-state index contributed by atoms with van der Waals surface area (Å²) in [6.07, 6.45) is 1.67. The van der Waals surface area contributed by atoms with Crippen LogP contribution >= 0.6 is 27.7 Å². The van der Waals surface area contributed by atoms with Crippen LogP contribution in [0.25, 0.3) is 0 Å². The van der Waals surface area contributed by atoms with Crippen molar-refractivity contribution in [3.8, 4) is 6.07 Å². The lowest BCUT2D eigenvalue weighted by Crippen LogP contribution is -1.84. The van der Waals surface area contributed by atoms with Gasteiger partial charge < -0.3 is 0 Å². The molecule has 0 amide bonds. The Morgan fingerprint density at radius 3 is 2.71 bits per heavy atom. The van der Waals surface area contributed by atoms with Crippen LogP contribution in [-0.4, -0.2) is 4.98 Å². The minimum absolute atomic E-state index is 0.651. The molecule has 4 heteroatoms. The first-order chi connectivity index (χ1) is 8.28. The van der Waals surface area contributed by atoms with Crippen LogP contribution in [0.1, 0.15) is 11.1 Å². The maximum atomic E-state index is 8.79. The number of halogens is 1. The van der Waals surface area contributed by atoms with Crippen LogP contribution in [-0.2, 0) is 5.75 Å². The topological polar surface area (TPSA) is 36.7 Å². The van der Waals surface area contributed by atoms with Crippen LogP contribution in [0.15, 0.2) is 52.1 Å². The Morgan fingerprint density at radius 1 is 1.24 bits per heavy atom. The molecule has 0 saturated carbocycles. The molecule has 0 aliphatic heterocycles. The van der Waals surface area contributed by atoms with Gasteiger partial charge in [0.05, 0.1) is 16.7 Å². The number of nitriles is 1. The molecule has 2 aromatic rings. The maximum Gasteiger partial charge on any atom is 0.0993 e. The molecule has 17 heavy (non-hydrogen) atoms. The number of nitrogens with zero attached hydrogens (tertiary/aromatic N) is 2. The molecule has 0 aliphatic rings. The third-order valence-electron chi connectivity index (χ3n) is 2.16. The summed E-state index contributed by atoms with van der Waals surface area (Å²) >= 11 is 5.04. The van der Waals surface area contributed by atoms with Crippen LogP contribution in [0.5, 0.6) is 0 Å². The summed E-state index contributed by atoms with van der Waals surface area (Å²) in [4.78, 5) is 4.22. The molecule has 0 aliphatic carbocycles. The van der Waals surface area contributed by atoms with Crippen molar-refractivity contribution >= 4 is 27.7 Å². The van der Waals surface area contributed by atoms with Crippen LogP contribution in [0, 0.1) is 11.3 Å². The van der Waals surface area contributed by atoms with Gasteiger partial charge in [0.2, 0.25) is 0 Å². The first-order valence-electron chi connectivity index (χ1n) is 5.01. The highest BCUT2D eigenvalue weighted by Crippen LogP contribution is 2.22. The molecule has 0 radical (unpaired) electrons. The quantitative estimate of drug-likeness (QED) is 0.804. The van der Waals surface area contributed by atoms with Crippen LogP contribution < -0.4 is 0 Å². The Bertz CT molecular complexity index is 546. The van der Waals surface area contributed by atoms with Gasteiger partial charge in [-0.3, -0.25) is 0 Å². The molecule has 1 aromatic heterocycles. The molecular weight excluding hydrogens is 296 g/mol. The minimum atomic E-state index is 0.651. The number of aromatic nitrogens is 1. The second-order valence-electron chi connectivity index (χ2n) is 3.41. The zero-order valence-electron chi connectivity index (χ0n) is 8.93. The predicted molar refractivity (Wildman–Crippen MR) is 72.7 cm³/mol. The third-order valence-corrected chi connectivity index (χ3v) is 3.69. The molecule has 0 bridgehead atoms. The molecule has 2 nitrogen and oxygen atoms in total. The van der Waals surface area contributed by atoms with Crippen molar-refractivity contribution < 1.29 is 0 Å². The second-order valence-corrected chi connectivity index (χ2v) is 5.32. The Balaban J connectivity index is 2.02. The zero-order chi connectivity index (χ0) is 12.1. The van der Waals surface area contributed by atoms with Crippen molar-refractivity contribution in [1.29, 1.82) is 5.26 Å². The summed E-state index contributed by atoms with van der Waals surface area (Å²) in [5, 5.41) is 9.67. The maximum absolute atomic E-state index is 8.79. The molecule has 2 rings (SSSR count). The van der Waals surface area contributed by atoms with Gasteiger partial charge in [0, 0.05) is 16.4 Å². The molecule has 1 heterocycles. The van der Waals surface area contributed by atoms with Crippen LogP contribution in [0.3, 0.4) is 0 Å². The fourth-order valence-electron chi connectivity index (χ4n) is 1.30. The fourth-order valence-corrected chi connectivity index (χ4v) is 2.41. The van der Waals surface area contributed by atoms with Crippen LogP contribution in [0.2, 0.25) is 0 Å². The summed E-state index contributed by atoms with van der Waals surface area (Å²) < 4.78 is 1.08. The van der Waals surface area contributed by atoms with E-state index < -0.39 is 0 Å². The van der Waals surface area contributed by atoms with E-state index in [9.17, 15) is 0 Å². The highest BCUT2D eigenvalue weighted by Gasteiger charge is 1.99. The molecule has 0 atom stereocenters. The summed E-state index contributed by atoms with van der Waals surface area (Å²) in [6, 6.07) is 13.8. The monoisotopic (exact) mass is 304 g/mol. The first-order valence-corrected chi connectivity index (χ1v) is 6.79. The lowest BCUT2D eigenvalue weighted by molar-refractivity contribution is 1.12. The van der Waals surface area contributed by atoms with Crippen molar-refractivity contribution in [2.75, 3.05) is 0 Å². The second kappa shape index (κ2) is 5.85. The van der Waals surface area contributed by atoms with E-state index in [4.69, 9.17) is 5.26 Å². The summed E-state index contributed by atoms with van der Waals surface area (Å²) in [7, 11) is 0. The van der Waals surface area contributed by atoms with Gasteiger partial charge in [0.1, 0.15) is 0 Å². The van der Waals surface area contributed by atoms with Crippen molar-refractivity contribution in [2.24, 2.45) is 0 Å². The SMILES string of the molecule is N#Cc1ccnc(SCc2ccc(Br)cc2)c1. The Morgan fingerprint density at radius 2 is 2.00 bits per heavy atom. The highest BCUT2D eigenvalue weighted by atomic mass is 79.9. The minimum Gasteiger partial charge on any atom is -0.250 e. The van der Waals surface area contributed by atoms with Gasteiger partial charge >= 0.3 is 0 Å². The summed E-state index contributed by atoms with van der Waals surface area (Å²) in [5.41, 5.74) is 1.89. The van der Waals surface area contributed by atoms with Gasteiger partial charge in [0.25, 0.3) is 0 Å². The molecule has 0 saturated heterocycles. The van der Waals surface area contributed by atoms with Crippen molar-refractivity contribution in [3.63, 3.8) is 0 Å². The third kappa shape index (κ3) is 3.58. The molecule has 84 valence electrons. The van der Waals surface area contributed by atoms with Crippen molar-refractivity contribution in [1.82, 2.24) is 4.98 Å². The molecule has 0 N–H and O–H groups in total. The molecular formula is C13H9BrN2S. The fraction of sp³-hybridized carbons (Fsp3) is 0.0769. The van der Waals surface area contributed by atoms with E-state index in [1.165, 1.54) is 5.56 Å². The lowest BCUT2D eigenvalue weighted by Gasteiger charge is -2.01. The Hall–Kier alpha value is -1.31. The number of rotatable bonds is 3. The van der Waals surface area contributed by atoms with E-state index in [1.54, 1.807) is 24.0 Å². The van der Waals surface area contributed by atoms with E-state index in [0.29, 0.717) is 5.56 Å². The zero-order valence-corrected chi connectivity index (χ0v) is 11.3. The lowest BCUT2D eigenvalue weighted by atomic mass is 10.2. The van der Waals surface area contributed by atoms with Gasteiger partial charge in [-0.25, -0.2) is 4.98 Å². The van der Waals surface area contributed by atoms with E-state index >= 15 is 0 Å². The standard InChI is InChI=1S/C13H9BrN2S/c14-12-3-1-10(2-4-12)9-17-13-7-11(8-15)5-6-16-13/h1-7H,9H2. The van der Waals surface area contributed by atoms with Crippen molar-refractivity contribution in [3.05, 3.63) is 58.2 Å². The first kappa shape index (κ1) is 12.2. The molecule has 0 unspecified atom stereocenters. The van der Waals surface area contributed by atoms with Gasteiger partial charge in [-0.05, 0) is 29.8 Å². The Kier molecular flexibility index (Phi) is 4.18. The van der Waals surface area contributed by atoms with Crippen molar-refractivity contribution in [2.45, 2.75) is 10.8 Å². The average molecular weight is 305 g/mol. The molecule has 0 fully saturated rings. The molecule has 0 spiro atoms. The highest BCUT2D eigenvalue weighted by molar-refractivity contribution is 9.10. The number of thioether (sulfide) groups is 1. The van der Waals surface area contributed by atoms with Gasteiger partial charge in [-0.1, -0.05) is 28.1 Å². The van der Waals surface area contributed by atoms with E-state index in [-0.39, 0.29) is 0 Å². The largest absolute Gasteiger partial charge is 0.250 e. The summed E-state index contributed by atoms with van der Waals surface area (Å²) in [5.74, 6) is 0.856. The number of hydrogen-bond acceptors (Lipinski definition) is 3. The van der Waals surface area contributed by atoms with E-state index in [2.05, 4.69) is 39.1 Å². The number of hydrogen-bond donors (Lipinski definition) is 0. The van der Waals surface area contributed by atoms with Gasteiger partial charge in [0.15, 0.2) is 0 Å². The summed E-state index contributed by atoms with van der Waals surface area (Å²) in [6.45, 7) is 0.